The molecule has 4 aromatic heterocycles. The second kappa shape index (κ2) is 10.1. The number of rotatable bonds is 6. The van der Waals surface area contributed by atoms with Gasteiger partial charge in [-0.3, -0.25) is 30.1 Å². The van der Waals surface area contributed by atoms with Gasteiger partial charge in [-0.25, -0.2) is 14.5 Å². The van der Waals surface area contributed by atoms with E-state index in [2.05, 4.69) is 30.7 Å². The molecule has 0 unspecified atom stereocenters. The molecule has 0 saturated carbocycles. The Bertz CT molecular complexity index is 1540. The molecule has 14 nitrogen and oxygen atoms in total. The number of hydrogen-bond acceptors (Lipinski definition) is 11. The normalized spacial score (nSPS) is 14.0. The second-order valence-electron chi connectivity index (χ2n) is 8.93. The number of likely N-dealkylation sites (tertiary alicyclic amines) is 1. The number of hydrogen-bond donors (Lipinski definition) is 1. The highest BCUT2D eigenvalue weighted by Gasteiger charge is 2.29. The number of thiazole rings is 1. The highest BCUT2D eigenvalue weighted by molar-refractivity contribution is 7.09. The van der Waals surface area contributed by atoms with Gasteiger partial charge in [0.25, 0.3) is 11.8 Å². The number of amides is 2. The topological polar surface area (TPSA) is 165 Å². The molecule has 1 saturated heterocycles. The summed E-state index contributed by atoms with van der Waals surface area (Å²) in [6.45, 7) is 4.71. The van der Waals surface area contributed by atoms with E-state index in [1.807, 2.05) is 13.0 Å². The molecule has 0 bridgehead atoms. The van der Waals surface area contributed by atoms with Gasteiger partial charge in [-0.15, -0.1) is 21.5 Å². The summed E-state index contributed by atoms with van der Waals surface area (Å²) in [6.07, 6.45) is 2.79. The number of hydrazine groups is 1. The third kappa shape index (κ3) is 4.74. The molecular weight excluding hydrogens is 512 g/mol. The lowest BCUT2D eigenvalue weighted by Gasteiger charge is -2.31. The third-order valence-corrected chi connectivity index (χ3v) is 7.37. The number of carbonyl (C=O) groups excluding carboxylic acids is 2. The SMILES string of the molecule is Cc1cc2nnc(C(=O)N3CCC(c4nc(C(=O)NN(C)c5ncccc5[N+](=O)[O-])cs4)CC3)c(C)n2n1. The van der Waals surface area contributed by atoms with Crippen LogP contribution in [0.3, 0.4) is 0 Å². The smallest absolute Gasteiger partial charge is 0.313 e. The van der Waals surface area contributed by atoms with Gasteiger partial charge in [0.05, 0.1) is 21.3 Å². The van der Waals surface area contributed by atoms with E-state index >= 15 is 0 Å². The molecule has 1 fully saturated rings. The summed E-state index contributed by atoms with van der Waals surface area (Å²) in [5, 5.41) is 27.6. The van der Waals surface area contributed by atoms with E-state index in [1.54, 1.807) is 21.7 Å². The fourth-order valence-corrected chi connectivity index (χ4v) is 5.36. The molecule has 15 heteroatoms. The van der Waals surface area contributed by atoms with Crippen LogP contribution in [0.4, 0.5) is 11.5 Å². The number of pyridine rings is 1. The van der Waals surface area contributed by atoms with Gasteiger partial charge < -0.3 is 4.90 Å². The predicted octanol–water partition coefficient (Wildman–Crippen LogP) is 2.30. The molecule has 38 heavy (non-hydrogen) atoms. The fourth-order valence-electron chi connectivity index (χ4n) is 4.39. The van der Waals surface area contributed by atoms with Crippen molar-refractivity contribution in [3.05, 3.63) is 67.7 Å². The molecule has 5 rings (SSSR count). The van der Waals surface area contributed by atoms with E-state index in [0.29, 0.717) is 37.3 Å². The molecule has 0 spiro atoms. The van der Waals surface area contributed by atoms with E-state index in [4.69, 9.17) is 0 Å². The number of nitro groups is 1. The molecule has 0 aromatic carbocycles. The van der Waals surface area contributed by atoms with E-state index in [9.17, 15) is 19.7 Å². The first kappa shape index (κ1) is 25.1. The van der Waals surface area contributed by atoms with Crippen LogP contribution in [0.2, 0.25) is 0 Å². The number of nitrogens with one attached hydrogen (secondary N) is 1. The minimum atomic E-state index is -0.562. The monoisotopic (exact) mass is 536 g/mol. The Morgan fingerprint density at radius 3 is 2.74 bits per heavy atom. The Hall–Kier alpha value is -4.53. The van der Waals surface area contributed by atoms with Crippen molar-refractivity contribution in [3.63, 3.8) is 0 Å². The number of aryl methyl sites for hydroxylation is 2. The number of nitrogens with zero attached hydrogens (tertiary/aromatic N) is 9. The minimum absolute atomic E-state index is 0.0140. The second-order valence-corrected chi connectivity index (χ2v) is 9.82. The van der Waals surface area contributed by atoms with Gasteiger partial charge in [0, 0.05) is 49.8 Å². The largest absolute Gasteiger partial charge is 0.337 e. The van der Waals surface area contributed by atoms with Gasteiger partial charge >= 0.3 is 5.69 Å². The van der Waals surface area contributed by atoms with Gasteiger partial charge in [0.1, 0.15) is 5.69 Å². The first-order chi connectivity index (χ1) is 18.2. The molecule has 4 aromatic rings. The number of aromatic nitrogens is 6. The molecule has 0 radical (unpaired) electrons. The van der Waals surface area contributed by atoms with Crippen LogP contribution in [-0.4, -0.2) is 71.6 Å². The third-order valence-electron chi connectivity index (χ3n) is 6.36. The molecule has 0 atom stereocenters. The van der Waals surface area contributed by atoms with E-state index < -0.39 is 10.8 Å². The average Bonchev–Trinajstić information content (AvgIpc) is 3.56. The van der Waals surface area contributed by atoms with Crippen molar-refractivity contribution in [3.8, 4) is 0 Å². The lowest BCUT2D eigenvalue weighted by Crippen LogP contribution is -2.40. The summed E-state index contributed by atoms with van der Waals surface area (Å²) in [6, 6.07) is 4.58. The van der Waals surface area contributed by atoms with Crippen molar-refractivity contribution < 1.29 is 14.5 Å². The molecule has 5 heterocycles. The standard InChI is InChI=1S/C23H24N10O4S/c1-13-11-18-26-27-19(14(2)32(18)28-13)23(35)31-9-6-15(7-10-31)22-25-16(12-38-22)21(34)29-30(3)20-17(33(36)37)5-4-8-24-20/h4-5,8,11-12,15H,6-7,9-10H2,1-3H3,(H,29,34). The summed E-state index contributed by atoms with van der Waals surface area (Å²) >= 11 is 1.38. The first-order valence-corrected chi connectivity index (χ1v) is 12.7. The van der Waals surface area contributed by atoms with Crippen LogP contribution in [0.5, 0.6) is 0 Å². The van der Waals surface area contributed by atoms with Crippen molar-refractivity contribution in [1.82, 2.24) is 40.1 Å². The quantitative estimate of drug-likeness (QED) is 0.285. The highest BCUT2D eigenvalue weighted by atomic mass is 32.1. The van der Waals surface area contributed by atoms with Crippen LogP contribution >= 0.6 is 11.3 Å². The summed E-state index contributed by atoms with van der Waals surface area (Å²) in [5.41, 5.74) is 4.90. The zero-order valence-corrected chi connectivity index (χ0v) is 21.7. The van der Waals surface area contributed by atoms with Gasteiger partial charge in [0.2, 0.25) is 5.82 Å². The van der Waals surface area contributed by atoms with E-state index in [-0.39, 0.29) is 34.7 Å². The lowest BCUT2D eigenvalue weighted by atomic mass is 9.97. The number of fused-ring (bicyclic) bond motifs is 1. The number of carbonyl (C=O) groups is 2. The van der Waals surface area contributed by atoms with Crippen molar-refractivity contribution >= 4 is 40.3 Å². The maximum absolute atomic E-state index is 13.2. The Balaban J connectivity index is 1.21. The maximum Gasteiger partial charge on any atom is 0.313 e. The van der Waals surface area contributed by atoms with E-state index in [1.165, 1.54) is 41.7 Å². The van der Waals surface area contributed by atoms with Crippen LogP contribution in [0.25, 0.3) is 5.65 Å². The van der Waals surface area contributed by atoms with Gasteiger partial charge in [-0.2, -0.15) is 5.10 Å². The Labute approximate surface area is 220 Å². The Kier molecular flexibility index (Phi) is 6.67. The predicted molar refractivity (Wildman–Crippen MR) is 137 cm³/mol. The Morgan fingerprint density at radius 1 is 1.24 bits per heavy atom. The summed E-state index contributed by atoms with van der Waals surface area (Å²) < 4.78 is 1.63. The summed E-state index contributed by atoms with van der Waals surface area (Å²) in [4.78, 5) is 46.9. The number of anilines is 1. The molecule has 1 aliphatic heterocycles. The summed E-state index contributed by atoms with van der Waals surface area (Å²) in [5.74, 6) is -0.570. The highest BCUT2D eigenvalue weighted by Crippen LogP contribution is 2.31. The van der Waals surface area contributed by atoms with Crippen molar-refractivity contribution in [2.45, 2.75) is 32.6 Å². The van der Waals surface area contributed by atoms with Gasteiger partial charge in [-0.05, 0) is 32.8 Å². The number of piperidine rings is 1. The van der Waals surface area contributed by atoms with Crippen molar-refractivity contribution in [1.29, 1.82) is 0 Å². The fraction of sp³-hybridized carbons (Fsp3) is 0.348. The molecule has 1 N–H and O–H groups in total. The van der Waals surface area contributed by atoms with Crippen LogP contribution in [0.15, 0.2) is 29.8 Å². The zero-order chi connectivity index (χ0) is 27.0. The zero-order valence-electron chi connectivity index (χ0n) is 20.9. The molecule has 2 amide bonds. The lowest BCUT2D eigenvalue weighted by molar-refractivity contribution is -0.384. The van der Waals surface area contributed by atoms with Crippen LogP contribution in [0, 0.1) is 24.0 Å². The van der Waals surface area contributed by atoms with Crippen molar-refractivity contribution in [2.24, 2.45) is 0 Å². The van der Waals surface area contributed by atoms with Crippen LogP contribution < -0.4 is 10.4 Å². The molecule has 0 aliphatic carbocycles. The van der Waals surface area contributed by atoms with Crippen molar-refractivity contribution in [2.75, 3.05) is 25.1 Å². The molecule has 196 valence electrons. The molecule has 1 aliphatic rings. The van der Waals surface area contributed by atoms with Crippen LogP contribution in [0.1, 0.15) is 56.1 Å². The molecular formula is C23H24N10O4S. The van der Waals surface area contributed by atoms with Gasteiger partial charge in [0.15, 0.2) is 11.3 Å². The first-order valence-electron chi connectivity index (χ1n) is 11.8. The Morgan fingerprint density at radius 2 is 2.00 bits per heavy atom. The van der Waals surface area contributed by atoms with E-state index in [0.717, 1.165) is 10.7 Å². The average molecular weight is 537 g/mol. The van der Waals surface area contributed by atoms with Gasteiger partial charge in [-0.1, -0.05) is 0 Å². The minimum Gasteiger partial charge on any atom is -0.337 e. The maximum atomic E-state index is 13.2. The summed E-state index contributed by atoms with van der Waals surface area (Å²) in [7, 11) is 1.48. The van der Waals surface area contributed by atoms with Crippen LogP contribution in [-0.2, 0) is 0 Å².